The minimum absolute atomic E-state index is 0.207. The summed E-state index contributed by atoms with van der Waals surface area (Å²) in [6.07, 6.45) is 4.96. The van der Waals surface area contributed by atoms with Crippen molar-refractivity contribution in [3.63, 3.8) is 0 Å². The minimum Gasteiger partial charge on any atom is -0.490 e. The molecule has 0 radical (unpaired) electrons. The Labute approximate surface area is 221 Å². The van der Waals surface area contributed by atoms with E-state index in [1.54, 1.807) is 12.1 Å². The highest BCUT2D eigenvalue weighted by Gasteiger charge is 2.39. The summed E-state index contributed by atoms with van der Waals surface area (Å²) >= 11 is 0. The standard InChI is InChI=1S/C28H33N5O5/c29-14-17-1-6-21(7-2-17)38-22-8-4-20(5-9-22)31-28(37)30-15-18-3-10-23-19(13-18)16-33(27(23)36)24-11-12-25(34)32-26(24)35/h3-5,8-10,13,17,21,24H,1-2,6-7,11-12,14-16,29H2,(H2,30,31,37)(H,32,34,35). The number of hydrogen-bond donors (Lipinski definition) is 4. The molecule has 1 saturated heterocycles. The van der Waals surface area contributed by atoms with Crippen LogP contribution in [0.4, 0.5) is 10.5 Å². The lowest BCUT2D eigenvalue weighted by atomic mass is 9.87. The van der Waals surface area contributed by atoms with Crippen LogP contribution in [-0.4, -0.2) is 47.3 Å². The van der Waals surface area contributed by atoms with E-state index in [0.717, 1.165) is 49.1 Å². The summed E-state index contributed by atoms with van der Waals surface area (Å²) in [4.78, 5) is 50.5. The van der Waals surface area contributed by atoms with Crippen LogP contribution in [0.5, 0.6) is 5.75 Å². The maximum Gasteiger partial charge on any atom is 0.319 e. The monoisotopic (exact) mass is 519 g/mol. The molecule has 5 amide bonds. The fraction of sp³-hybridized carbons (Fsp3) is 0.429. The largest absolute Gasteiger partial charge is 0.490 e. The smallest absolute Gasteiger partial charge is 0.319 e. The second-order valence-corrected chi connectivity index (χ2v) is 10.2. The molecular weight excluding hydrogens is 486 g/mol. The number of hydrogen-bond acceptors (Lipinski definition) is 6. The van der Waals surface area contributed by atoms with Crippen molar-refractivity contribution in [1.82, 2.24) is 15.5 Å². The Morgan fingerprint density at radius 1 is 1.03 bits per heavy atom. The Morgan fingerprint density at radius 3 is 2.50 bits per heavy atom. The van der Waals surface area contributed by atoms with Crippen LogP contribution in [0.1, 0.15) is 60.0 Å². The minimum atomic E-state index is -0.650. The normalized spacial score (nSPS) is 23.0. The Bertz CT molecular complexity index is 1220. The van der Waals surface area contributed by atoms with E-state index in [1.807, 2.05) is 30.3 Å². The number of fused-ring (bicyclic) bond motifs is 1. The molecule has 1 aliphatic carbocycles. The fourth-order valence-corrected chi connectivity index (χ4v) is 5.39. The van der Waals surface area contributed by atoms with Gasteiger partial charge in [0.2, 0.25) is 11.8 Å². The predicted octanol–water partition coefficient (Wildman–Crippen LogP) is 2.67. The summed E-state index contributed by atoms with van der Waals surface area (Å²) in [5.41, 5.74) is 8.59. The van der Waals surface area contributed by atoms with Crippen LogP contribution in [-0.2, 0) is 22.7 Å². The number of benzene rings is 2. The van der Waals surface area contributed by atoms with Crippen molar-refractivity contribution >= 4 is 29.4 Å². The van der Waals surface area contributed by atoms with Gasteiger partial charge in [-0.25, -0.2) is 4.79 Å². The molecule has 10 heteroatoms. The van der Waals surface area contributed by atoms with Gasteiger partial charge in [-0.05, 0) is 86.0 Å². The summed E-state index contributed by atoms with van der Waals surface area (Å²) in [6, 6.07) is 11.7. The van der Waals surface area contributed by atoms with Crippen LogP contribution >= 0.6 is 0 Å². The van der Waals surface area contributed by atoms with Crippen LogP contribution in [0, 0.1) is 5.92 Å². The van der Waals surface area contributed by atoms with Gasteiger partial charge in [0.15, 0.2) is 0 Å². The third-order valence-corrected chi connectivity index (χ3v) is 7.58. The van der Waals surface area contributed by atoms with Crippen molar-refractivity contribution in [2.75, 3.05) is 11.9 Å². The predicted molar refractivity (Wildman–Crippen MR) is 140 cm³/mol. The molecule has 2 aromatic carbocycles. The lowest BCUT2D eigenvalue weighted by Gasteiger charge is -2.29. The number of ether oxygens (including phenoxy) is 1. The molecule has 2 aliphatic heterocycles. The first-order valence-corrected chi connectivity index (χ1v) is 13.2. The first-order chi connectivity index (χ1) is 18.4. The van der Waals surface area contributed by atoms with Gasteiger partial charge < -0.3 is 26.0 Å². The van der Waals surface area contributed by atoms with Gasteiger partial charge in [0.1, 0.15) is 11.8 Å². The number of anilines is 1. The SMILES string of the molecule is NCC1CCC(Oc2ccc(NC(=O)NCc3ccc4c(c3)CN(C3CCC(=O)NC3=O)C4=O)cc2)CC1. The first-order valence-electron chi connectivity index (χ1n) is 13.2. The molecule has 3 aliphatic rings. The molecule has 1 unspecified atom stereocenters. The van der Waals surface area contributed by atoms with E-state index >= 15 is 0 Å². The second kappa shape index (κ2) is 11.2. The van der Waals surface area contributed by atoms with Gasteiger partial charge in [-0.3, -0.25) is 19.7 Å². The van der Waals surface area contributed by atoms with Gasteiger partial charge in [-0.1, -0.05) is 12.1 Å². The molecular formula is C28H33N5O5. The van der Waals surface area contributed by atoms with E-state index in [0.29, 0.717) is 30.1 Å². The summed E-state index contributed by atoms with van der Waals surface area (Å²) in [5, 5.41) is 7.96. The van der Waals surface area contributed by atoms with Gasteiger partial charge in [-0.15, -0.1) is 0 Å². The number of carbonyl (C=O) groups excluding carboxylic acids is 4. The van der Waals surface area contributed by atoms with Gasteiger partial charge in [0, 0.05) is 30.8 Å². The zero-order valence-electron chi connectivity index (χ0n) is 21.2. The summed E-state index contributed by atoms with van der Waals surface area (Å²) in [7, 11) is 0. The van der Waals surface area contributed by atoms with Crippen molar-refractivity contribution in [1.29, 1.82) is 0 Å². The Balaban J connectivity index is 1.10. The molecule has 0 bridgehead atoms. The highest BCUT2D eigenvalue weighted by molar-refractivity contribution is 6.05. The van der Waals surface area contributed by atoms with Crippen molar-refractivity contribution in [2.45, 2.75) is 63.8 Å². The number of amides is 5. The Kier molecular flexibility index (Phi) is 7.59. The number of carbonyl (C=O) groups is 4. The first kappa shape index (κ1) is 25.7. The van der Waals surface area contributed by atoms with Crippen LogP contribution in [0.2, 0.25) is 0 Å². The molecule has 5 N–H and O–H groups in total. The molecule has 5 rings (SSSR count). The van der Waals surface area contributed by atoms with E-state index in [9.17, 15) is 19.2 Å². The molecule has 0 spiro atoms. The van der Waals surface area contributed by atoms with Gasteiger partial charge in [0.05, 0.1) is 6.10 Å². The number of urea groups is 1. The van der Waals surface area contributed by atoms with E-state index in [-0.39, 0.29) is 36.9 Å². The molecule has 2 aromatic rings. The van der Waals surface area contributed by atoms with Crippen LogP contribution in [0.15, 0.2) is 42.5 Å². The number of rotatable bonds is 7. The number of nitrogens with two attached hydrogens (primary N) is 1. The Hall–Kier alpha value is -3.92. The third-order valence-electron chi connectivity index (χ3n) is 7.58. The third kappa shape index (κ3) is 5.80. The molecule has 2 fully saturated rings. The summed E-state index contributed by atoms with van der Waals surface area (Å²) in [5.74, 6) is 0.419. The molecule has 1 atom stereocenters. The van der Waals surface area contributed by atoms with E-state index in [1.165, 1.54) is 4.90 Å². The van der Waals surface area contributed by atoms with Gasteiger partial charge >= 0.3 is 6.03 Å². The molecule has 38 heavy (non-hydrogen) atoms. The maximum absolute atomic E-state index is 12.8. The lowest BCUT2D eigenvalue weighted by molar-refractivity contribution is -0.136. The molecule has 10 nitrogen and oxygen atoms in total. The number of imide groups is 1. The molecule has 2 heterocycles. The van der Waals surface area contributed by atoms with Gasteiger partial charge in [0.25, 0.3) is 5.91 Å². The van der Waals surface area contributed by atoms with E-state index in [4.69, 9.17) is 10.5 Å². The maximum atomic E-state index is 12.8. The second-order valence-electron chi connectivity index (χ2n) is 10.2. The topological polar surface area (TPSA) is 143 Å². The van der Waals surface area contributed by atoms with Crippen molar-refractivity contribution in [2.24, 2.45) is 11.7 Å². The molecule has 200 valence electrons. The quantitative estimate of drug-likeness (QED) is 0.414. The number of piperidine rings is 1. The number of nitrogens with zero attached hydrogens (tertiary/aromatic N) is 1. The van der Waals surface area contributed by atoms with Gasteiger partial charge in [-0.2, -0.15) is 0 Å². The van der Waals surface area contributed by atoms with E-state index in [2.05, 4.69) is 16.0 Å². The highest BCUT2D eigenvalue weighted by Crippen LogP contribution is 2.29. The van der Waals surface area contributed by atoms with Crippen LogP contribution in [0.25, 0.3) is 0 Å². The number of nitrogens with one attached hydrogen (secondary N) is 3. The zero-order valence-corrected chi connectivity index (χ0v) is 21.2. The van der Waals surface area contributed by atoms with Crippen LogP contribution < -0.4 is 26.4 Å². The highest BCUT2D eigenvalue weighted by atomic mass is 16.5. The average Bonchev–Trinajstić information content (AvgIpc) is 3.24. The zero-order chi connectivity index (χ0) is 26.6. The summed E-state index contributed by atoms with van der Waals surface area (Å²) in [6.45, 7) is 1.31. The van der Waals surface area contributed by atoms with Crippen molar-refractivity contribution in [3.8, 4) is 5.75 Å². The van der Waals surface area contributed by atoms with Crippen molar-refractivity contribution < 1.29 is 23.9 Å². The molecule has 1 saturated carbocycles. The molecule has 0 aromatic heterocycles. The van der Waals surface area contributed by atoms with Crippen LogP contribution in [0.3, 0.4) is 0 Å². The Morgan fingerprint density at radius 2 is 1.79 bits per heavy atom. The van der Waals surface area contributed by atoms with E-state index < -0.39 is 11.9 Å². The van der Waals surface area contributed by atoms with Crippen molar-refractivity contribution in [3.05, 3.63) is 59.2 Å². The lowest BCUT2D eigenvalue weighted by Crippen LogP contribution is -2.52. The average molecular weight is 520 g/mol. The summed E-state index contributed by atoms with van der Waals surface area (Å²) < 4.78 is 6.08. The fourth-order valence-electron chi connectivity index (χ4n) is 5.39.